The molecule has 2 atom stereocenters. The van der Waals surface area contributed by atoms with Crippen LogP contribution in [-0.2, 0) is 0 Å². The highest BCUT2D eigenvalue weighted by atomic mass is 16.1. The number of aromatic nitrogens is 1. The fourth-order valence-corrected chi connectivity index (χ4v) is 2.71. The molecule has 1 fully saturated rings. The Morgan fingerprint density at radius 3 is 2.75 bits per heavy atom. The molecule has 2 unspecified atom stereocenters. The van der Waals surface area contributed by atoms with Gasteiger partial charge in [0.2, 0.25) is 5.91 Å². The normalized spacial score (nSPS) is 22.4. The molecule has 2 heterocycles. The fourth-order valence-electron chi connectivity index (χ4n) is 2.71. The van der Waals surface area contributed by atoms with Crippen LogP contribution >= 0.6 is 0 Å². The second-order valence-corrected chi connectivity index (χ2v) is 5.46. The second-order valence-electron chi connectivity index (χ2n) is 5.46. The number of carbonyl (C=O) groups is 1. The van der Waals surface area contributed by atoms with Gasteiger partial charge < -0.3 is 16.4 Å². The summed E-state index contributed by atoms with van der Waals surface area (Å²) in [7, 11) is 0. The predicted octanol–water partition coefficient (Wildman–Crippen LogP) is 1.12. The summed E-state index contributed by atoms with van der Waals surface area (Å²) in [5, 5.41) is 0.792. The molecule has 1 aliphatic heterocycles. The zero-order valence-corrected chi connectivity index (χ0v) is 11.4. The van der Waals surface area contributed by atoms with Crippen LogP contribution in [0.3, 0.4) is 0 Å². The molecular formula is C15H18N4O. The van der Waals surface area contributed by atoms with Crippen molar-refractivity contribution >= 4 is 22.6 Å². The molecule has 0 bridgehead atoms. The highest BCUT2D eigenvalue weighted by molar-refractivity contribution is 6.06. The van der Waals surface area contributed by atoms with Gasteiger partial charge in [0.1, 0.15) is 5.82 Å². The van der Waals surface area contributed by atoms with Gasteiger partial charge in [-0.05, 0) is 18.1 Å². The topological polar surface area (TPSA) is 85.2 Å². The first kappa shape index (κ1) is 12.9. The van der Waals surface area contributed by atoms with Crippen LogP contribution in [0.2, 0.25) is 0 Å². The van der Waals surface area contributed by atoms with E-state index < -0.39 is 5.91 Å². The minimum absolute atomic E-state index is 0.139. The molecule has 1 aliphatic rings. The maximum atomic E-state index is 11.7. The molecular weight excluding hydrogens is 252 g/mol. The van der Waals surface area contributed by atoms with Gasteiger partial charge in [-0.15, -0.1) is 0 Å². The molecule has 1 saturated heterocycles. The molecule has 5 heteroatoms. The Kier molecular flexibility index (Phi) is 3.06. The minimum Gasteiger partial charge on any atom is -0.366 e. The van der Waals surface area contributed by atoms with Crippen LogP contribution in [0.1, 0.15) is 17.3 Å². The molecule has 0 spiro atoms. The number of hydrogen-bond donors (Lipinski definition) is 2. The number of nitrogens with two attached hydrogens (primary N) is 2. The van der Waals surface area contributed by atoms with Crippen molar-refractivity contribution < 1.29 is 4.79 Å². The van der Waals surface area contributed by atoms with Crippen molar-refractivity contribution in [1.82, 2.24) is 4.98 Å². The number of nitrogens with zero attached hydrogens (tertiary/aromatic N) is 2. The van der Waals surface area contributed by atoms with Gasteiger partial charge in [-0.3, -0.25) is 4.79 Å². The number of rotatable bonds is 2. The maximum absolute atomic E-state index is 11.7. The van der Waals surface area contributed by atoms with Crippen LogP contribution in [-0.4, -0.2) is 30.0 Å². The highest BCUT2D eigenvalue weighted by Crippen LogP contribution is 2.26. The fraction of sp³-hybridized carbons (Fsp3) is 0.333. The molecule has 104 valence electrons. The molecule has 3 rings (SSSR count). The lowest BCUT2D eigenvalue weighted by Crippen LogP contribution is -2.29. The summed E-state index contributed by atoms with van der Waals surface area (Å²) in [5.41, 5.74) is 12.8. The van der Waals surface area contributed by atoms with E-state index in [4.69, 9.17) is 11.5 Å². The van der Waals surface area contributed by atoms with E-state index in [0.29, 0.717) is 11.5 Å². The summed E-state index contributed by atoms with van der Waals surface area (Å²) in [6.07, 6.45) is 0. The minimum atomic E-state index is -0.429. The Morgan fingerprint density at radius 2 is 2.10 bits per heavy atom. The molecule has 0 aliphatic carbocycles. The molecule has 1 amide bonds. The lowest BCUT2D eigenvalue weighted by molar-refractivity contribution is 0.100. The highest BCUT2D eigenvalue weighted by Gasteiger charge is 2.28. The maximum Gasteiger partial charge on any atom is 0.249 e. The molecule has 20 heavy (non-hydrogen) atoms. The Balaban J connectivity index is 2.11. The van der Waals surface area contributed by atoms with Gasteiger partial charge in [-0.2, -0.15) is 0 Å². The molecule has 1 aromatic heterocycles. The van der Waals surface area contributed by atoms with Crippen molar-refractivity contribution in [2.24, 2.45) is 17.4 Å². The number of anilines is 1. The lowest BCUT2D eigenvalue weighted by atomic mass is 10.1. The van der Waals surface area contributed by atoms with E-state index in [9.17, 15) is 4.79 Å². The number of benzene rings is 1. The van der Waals surface area contributed by atoms with E-state index >= 15 is 0 Å². The van der Waals surface area contributed by atoms with Crippen LogP contribution in [0.5, 0.6) is 0 Å². The Labute approximate surface area is 117 Å². The molecule has 0 saturated carbocycles. The summed E-state index contributed by atoms with van der Waals surface area (Å²) in [4.78, 5) is 18.4. The van der Waals surface area contributed by atoms with Crippen LogP contribution in [0.25, 0.3) is 10.9 Å². The van der Waals surface area contributed by atoms with Gasteiger partial charge in [0.25, 0.3) is 0 Å². The summed E-state index contributed by atoms with van der Waals surface area (Å²) in [6, 6.07) is 9.46. The zero-order chi connectivity index (χ0) is 14.3. The number of fused-ring (bicyclic) bond motifs is 1. The first-order valence-corrected chi connectivity index (χ1v) is 6.76. The van der Waals surface area contributed by atoms with Crippen LogP contribution in [0.4, 0.5) is 5.82 Å². The van der Waals surface area contributed by atoms with Crippen molar-refractivity contribution in [2.75, 3.05) is 18.0 Å². The number of primary amides is 1. The van der Waals surface area contributed by atoms with Crippen molar-refractivity contribution in [3.8, 4) is 0 Å². The largest absolute Gasteiger partial charge is 0.366 e. The van der Waals surface area contributed by atoms with Crippen molar-refractivity contribution in [1.29, 1.82) is 0 Å². The first-order valence-electron chi connectivity index (χ1n) is 6.76. The van der Waals surface area contributed by atoms with E-state index in [0.717, 1.165) is 29.8 Å². The molecule has 4 N–H and O–H groups in total. The van der Waals surface area contributed by atoms with E-state index in [-0.39, 0.29) is 6.04 Å². The van der Waals surface area contributed by atoms with Gasteiger partial charge in [0.05, 0.1) is 11.1 Å². The summed E-state index contributed by atoms with van der Waals surface area (Å²) in [5.74, 6) is 0.763. The SMILES string of the molecule is CC1CN(c2cc(C(N)=O)c3ccccc3n2)CC1N. The standard InChI is InChI=1S/C15H18N4O/c1-9-7-19(8-12(9)16)14-6-11(15(17)20)10-4-2-3-5-13(10)18-14/h2-6,9,12H,7-8,16H2,1H3,(H2,17,20). The zero-order valence-electron chi connectivity index (χ0n) is 11.4. The number of pyridine rings is 1. The van der Waals surface area contributed by atoms with Crippen LogP contribution < -0.4 is 16.4 Å². The van der Waals surface area contributed by atoms with Crippen LogP contribution in [0.15, 0.2) is 30.3 Å². The van der Waals surface area contributed by atoms with Gasteiger partial charge in [0.15, 0.2) is 0 Å². The van der Waals surface area contributed by atoms with Crippen LogP contribution in [0, 0.1) is 5.92 Å². The van der Waals surface area contributed by atoms with Gasteiger partial charge in [-0.1, -0.05) is 25.1 Å². The molecule has 2 aromatic rings. The number of carbonyl (C=O) groups excluding carboxylic acids is 1. The quantitative estimate of drug-likeness (QED) is 0.856. The van der Waals surface area contributed by atoms with E-state index in [1.54, 1.807) is 6.07 Å². The number of amides is 1. The van der Waals surface area contributed by atoms with E-state index in [2.05, 4.69) is 16.8 Å². The van der Waals surface area contributed by atoms with E-state index in [1.165, 1.54) is 0 Å². The van der Waals surface area contributed by atoms with Gasteiger partial charge in [0, 0.05) is 24.5 Å². The predicted molar refractivity (Wildman–Crippen MR) is 79.6 cm³/mol. The Hall–Kier alpha value is -2.14. The first-order chi connectivity index (χ1) is 9.56. The monoisotopic (exact) mass is 270 g/mol. The number of para-hydroxylation sites is 1. The number of hydrogen-bond acceptors (Lipinski definition) is 4. The molecule has 0 radical (unpaired) electrons. The summed E-state index contributed by atoms with van der Waals surface area (Å²) >= 11 is 0. The second kappa shape index (κ2) is 4.76. The van der Waals surface area contributed by atoms with Gasteiger partial charge in [-0.25, -0.2) is 4.98 Å². The Bertz CT molecular complexity index is 660. The molecule has 1 aromatic carbocycles. The van der Waals surface area contributed by atoms with E-state index in [1.807, 2.05) is 24.3 Å². The van der Waals surface area contributed by atoms with Crippen molar-refractivity contribution in [3.63, 3.8) is 0 Å². The molecule has 5 nitrogen and oxygen atoms in total. The van der Waals surface area contributed by atoms with Crippen molar-refractivity contribution in [3.05, 3.63) is 35.9 Å². The smallest absolute Gasteiger partial charge is 0.249 e. The summed E-state index contributed by atoms with van der Waals surface area (Å²) in [6.45, 7) is 3.73. The average Bonchev–Trinajstić information content (AvgIpc) is 2.77. The van der Waals surface area contributed by atoms with Gasteiger partial charge >= 0.3 is 0 Å². The summed E-state index contributed by atoms with van der Waals surface area (Å²) < 4.78 is 0. The third-order valence-electron chi connectivity index (χ3n) is 3.96. The average molecular weight is 270 g/mol. The third-order valence-corrected chi connectivity index (χ3v) is 3.96. The van der Waals surface area contributed by atoms with Crippen molar-refractivity contribution in [2.45, 2.75) is 13.0 Å². The lowest BCUT2D eigenvalue weighted by Gasteiger charge is -2.18. The third kappa shape index (κ3) is 2.10. The Morgan fingerprint density at radius 1 is 1.35 bits per heavy atom.